The third-order valence-corrected chi connectivity index (χ3v) is 4.53. The Morgan fingerprint density at radius 1 is 1.19 bits per heavy atom. The molecule has 0 aromatic heterocycles. The third-order valence-electron chi connectivity index (χ3n) is 4.53. The number of rotatable bonds is 6. The fourth-order valence-electron chi connectivity index (χ4n) is 3.10. The number of likely N-dealkylation sites (tertiary alicyclic amines) is 1. The minimum absolute atomic E-state index is 0.00949. The SMILES string of the molecule is CC(=O)N1CCC(NC(=O)NCc2cccc(NC(=O)CC(C)C)c2)CC1. The average Bonchev–Trinajstić information content (AvgIpc) is 2.60. The summed E-state index contributed by atoms with van der Waals surface area (Å²) in [5, 5.41) is 8.69. The van der Waals surface area contributed by atoms with Crippen LogP contribution in [-0.4, -0.2) is 41.9 Å². The Morgan fingerprint density at radius 2 is 1.89 bits per heavy atom. The van der Waals surface area contributed by atoms with E-state index in [1.54, 1.807) is 11.8 Å². The molecule has 0 spiro atoms. The number of amides is 4. The lowest BCUT2D eigenvalue weighted by Gasteiger charge is -2.31. The zero-order valence-electron chi connectivity index (χ0n) is 16.4. The van der Waals surface area contributed by atoms with Crippen LogP contribution in [0.15, 0.2) is 24.3 Å². The van der Waals surface area contributed by atoms with E-state index in [0.717, 1.165) is 24.1 Å². The quantitative estimate of drug-likeness (QED) is 0.714. The molecule has 2 rings (SSSR count). The zero-order valence-corrected chi connectivity index (χ0v) is 16.4. The van der Waals surface area contributed by atoms with Crippen molar-refractivity contribution in [2.24, 2.45) is 5.92 Å². The predicted molar refractivity (Wildman–Crippen MR) is 105 cm³/mol. The molecule has 1 saturated heterocycles. The molecular weight excluding hydrogens is 344 g/mol. The standard InChI is InChI=1S/C20H30N4O3/c1-14(2)11-19(26)22-18-6-4-5-16(12-18)13-21-20(27)23-17-7-9-24(10-8-17)15(3)25/h4-6,12,14,17H,7-11,13H2,1-3H3,(H,22,26)(H2,21,23,27). The number of urea groups is 1. The summed E-state index contributed by atoms with van der Waals surface area (Å²) in [6.07, 6.45) is 2.02. The first-order valence-electron chi connectivity index (χ1n) is 9.52. The van der Waals surface area contributed by atoms with Crippen LogP contribution in [-0.2, 0) is 16.1 Å². The van der Waals surface area contributed by atoms with Crippen molar-refractivity contribution in [3.63, 3.8) is 0 Å². The smallest absolute Gasteiger partial charge is 0.315 e. The highest BCUT2D eigenvalue weighted by Gasteiger charge is 2.21. The second-order valence-electron chi connectivity index (χ2n) is 7.45. The Hall–Kier alpha value is -2.57. The first-order chi connectivity index (χ1) is 12.8. The Kier molecular flexibility index (Phi) is 7.64. The van der Waals surface area contributed by atoms with Crippen molar-refractivity contribution >= 4 is 23.5 Å². The van der Waals surface area contributed by atoms with Crippen molar-refractivity contribution in [3.8, 4) is 0 Å². The van der Waals surface area contributed by atoms with Gasteiger partial charge in [0.25, 0.3) is 0 Å². The first-order valence-corrected chi connectivity index (χ1v) is 9.52. The number of hydrogen-bond donors (Lipinski definition) is 3. The zero-order chi connectivity index (χ0) is 19.8. The minimum atomic E-state index is -0.217. The van der Waals surface area contributed by atoms with Gasteiger partial charge in [-0.3, -0.25) is 9.59 Å². The van der Waals surface area contributed by atoms with Crippen molar-refractivity contribution in [2.75, 3.05) is 18.4 Å². The molecule has 1 heterocycles. The van der Waals surface area contributed by atoms with Gasteiger partial charge in [0.1, 0.15) is 0 Å². The van der Waals surface area contributed by atoms with Crippen LogP contribution in [0.1, 0.15) is 45.6 Å². The number of anilines is 1. The van der Waals surface area contributed by atoms with Crippen molar-refractivity contribution < 1.29 is 14.4 Å². The van der Waals surface area contributed by atoms with E-state index in [4.69, 9.17) is 0 Å². The van der Waals surface area contributed by atoms with Crippen LogP contribution in [0.2, 0.25) is 0 Å². The Morgan fingerprint density at radius 3 is 2.52 bits per heavy atom. The monoisotopic (exact) mass is 374 g/mol. The molecule has 0 aliphatic carbocycles. The van der Waals surface area contributed by atoms with Gasteiger partial charge in [-0.25, -0.2) is 4.79 Å². The fraction of sp³-hybridized carbons (Fsp3) is 0.550. The van der Waals surface area contributed by atoms with Crippen molar-refractivity contribution in [1.29, 1.82) is 0 Å². The summed E-state index contributed by atoms with van der Waals surface area (Å²) >= 11 is 0. The molecule has 0 bridgehead atoms. The molecule has 0 radical (unpaired) electrons. The lowest BCUT2D eigenvalue weighted by Crippen LogP contribution is -2.48. The molecule has 0 unspecified atom stereocenters. The minimum Gasteiger partial charge on any atom is -0.343 e. The van der Waals surface area contributed by atoms with Gasteiger partial charge in [-0.05, 0) is 36.5 Å². The third kappa shape index (κ3) is 7.29. The summed E-state index contributed by atoms with van der Waals surface area (Å²) in [7, 11) is 0. The first kappa shape index (κ1) is 20.7. The molecular formula is C20H30N4O3. The molecule has 1 aromatic carbocycles. The van der Waals surface area contributed by atoms with E-state index in [-0.39, 0.29) is 23.9 Å². The Labute approximate surface area is 160 Å². The summed E-state index contributed by atoms with van der Waals surface area (Å²) in [4.78, 5) is 37.1. The fourth-order valence-corrected chi connectivity index (χ4v) is 3.10. The topological polar surface area (TPSA) is 90.5 Å². The van der Waals surface area contributed by atoms with Crippen LogP contribution in [0.3, 0.4) is 0 Å². The van der Waals surface area contributed by atoms with Gasteiger partial charge in [0.05, 0.1) is 0 Å². The van der Waals surface area contributed by atoms with Crippen LogP contribution < -0.4 is 16.0 Å². The number of benzene rings is 1. The largest absolute Gasteiger partial charge is 0.343 e. The van der Waals surface area contributed by atoms with Gasteiger partial charge >= 0.3 is 6.03 Å². The lowest BCUT2D eigenvalue weighted by molar-refractivity contribution is -0.129. The molecule has 1 aliphatic rings. The highest BCUT2D eigenvalue weighted by atomic mass is 16.2. The molecule has 27 heavy (non-hydrogen) atoms. The molecule has 7 heteroatoms. The van der Waals surface area contributed by atoms with Crippen LogP contribution in [0.25, 0.3) is 0 Å². The molecule has 3 N–H and O–H groups in total. The van der Waals surface area contributed by atoms with E-state index in [1.165, 1.54) is 0 Å². The highest BCUT2D eigenvalue weighted by molar-refractivity contribution is 5.90. The molecule has 1 aliphatic heterocycles. The molecule has 1 aromatic rings. The summed E-state index contributed by atoms with van der Waals surface area (Å²) in [6.45, 7) is 7.31. The number of nitrogens with one attached hydrogen (secondary N) is 3. The maximum absolute atomic E-state index is 12.1. The second kappa shape index (κ2) is 9.94. The van der Waals surface area contributed by atoms with Gasteiger partial charge in [0.2, 0.25) is 11.8 Å². The van der Waals surface area contributed by atoms with Gasteiger partial charge in [0, 0.05) is 44.7 Å². The van der Waals surface area contributed by atoms with E-state index in [0.29, 0.717) is 32.0 Å². The van der Waals surface area contributed by atoms with E-state index in [1.807, 2.05) is 38.1 Å². The van der Waals surface area contributed by atoms with Gasteiger partial charge in [-0.2, -0.15) is 0 Å². The van der Waals surface area contributed by atoms with Crippen molar-refractivity contribution in [2.45, 2.75) is 52.6 Å². The summed E-state index contributed by atoms with van der Waals surface area (Å²) < 4.78 is 0. The number of carbonyl (C=O) groups is 3. The summed E-state index contributed by atoms with van der Waals surface area (Å²) in [6, 6.07) is 7.34. The Bertz CT molecular complexity index is 667. The van der Waals surface area contributed by atoms with E-state index in [2.05, 4.69) is 16.0 Å². The van der Waals surface area contributed by atoms with Gasteiger partial charge < -0.3 is 20.9 Å². The van der Waals surface area contributed by atoms with E-state index >= 15 is 0 Å². The average molecular weight is 374 g/mol. The molecule has 4 amide bonds. The van der Waals surface area contributed by atoms with E-state index in [9.17, 15) is 14.4 Å². The van der Waals surface area contributed by atoms with Crippen molar-refractivity contribution in [3.05, 3.63) is 29.8 Å². The van der Waals surface area contributed by atoms with Crippen LogP contribution >= 0.6 is 0 Å². The highest BCUT2D eigenvalue weighted by Crippen LogP contribution is 2.13. The molecule has 0 atom stereocenters. The maximum Gasteiger partial charge on any atom is 0.315 e. The summed E-state index contributed by atoms with van der Waals surface area (Å²) in [5.41, 5.74) is 1.65. The maximum atomic E-state index is 12.1. The van der Waals surface area contributed by atoms with Gasteiger partial charge in [-0.1, -0.05) is 26.0 Å². The van der Waals surface area contributed by atoms with E-state index < -0.39 is 0 Å². The lowest BCUT2D eigenvalue weighted by atomic mass is 10.1. The second-order valence-corrected chi connectivity index (χ2v) is 7.45. The van der Waals surface area contributed by atoms with Crippen LogP contribution in [0, 0.1) is 5.92 Å². The molecule has 0 saturated carbocycles. The van der Waals surface area contributed by atoms with Crippen LogP contribution in [0.4, 0.5) is 10.5 Å². The number of piperidine rings is 1. The number of carbonyl (C=O) groups excluding carboxylic acids is 3. The Balaban J connectivity index is 1.76. The normalized spacial score (nSPS) is 14.7. The van der Waals surface area contributed by atoms with Gasteiger partial charge in [0.15, 0.2) is 0 Å². The number of nitrogens with zero attached hydrogens (tertiary/aromatic N) is 1. The van der Waals surface area contributed by atoms with Crippen LogP contribution in [0.5, 0.6) is 0 Å². The predicted octanol–water partition coefficient (Wildman–Crippen LogP) is 2.48. The molecule has 148 valence electrons. The number of hydrogen-bond acceptors (Lipinski definition) is 3. The molecule has 7 nitrogen and oxygen atoms in total. The summed E-state index contributed by atoms with van der Waals surface area (Å²) in [5.74, 6) is 0.379. The van der Waals surface area contributed by atoms with Gasteiger partial charge in [-0.15, -0.1) is 0 Å². The van der Waals surface area contributed by atoms with Crippen molar-refractivity contribution in [1.82, 2.24) is 15.5 Å². The molecule has 1 fully saturated rings.